The Morgan fingerprint density at radius 2 is 1.65 bits per heavy atom. The summed E-state index contributed by atoms with van der Waals surface area (Å²) in [7, 11) is -4.08. The molecule has 1 rings (SSSR count). The first kappa shape index (κ1) is 16.9. The Hall–Kier alpha value is -0.0800. The third-order valence-electron chi connectivity index (χ3n) is 1.66. The third-order valence-corrected chi connectivity index (χ3v) is 2.98. The van der Waals surface area contributed by atoms with E-state index in [9.17, 15) is 21.6 Å². The molecule has 0 aliphatic rings. The van der Waals surface area contributed by atoms with Crippen molar-refractivity contribution in [3.63, 3.8) is 0 Å². The van der Waals surface area contributed by atoms with Gasteiger partial charge in [-0.2, -0.15) is 21.6 Å². The Morgan fingerprint density at radius 1 is 1.12 bits per heavy atom. The molecule has 92 valence electrons. The second kappa shape index (κ2) is 6.75. The quantitative estimate of drug-likeness (QED) is 0.622. The van der Waals surface area contributed by atoms with Gasteiger partial charge in [0.15, 0.2) is 0 Å². The van der Waals surface area contributed by atoms with Gasteiger partial charge in [-0.25, -0.2) is 0 Å². The van der Waals surface area contributed by atoms with Crippen molar-refractivity contribution in [1.82, 2.24) is 0 Å². The molecular weight excluding hydrogens is 268 g/mol. The first-order valence-corrected chi connectivity index (χ1v) is 5.73. The minimum absolute atomic E-state index is 0. The Kier molecular flexibility index (Phi) is 6.71. The number of hydrogen-bond acceptors (Lipinski definition) is 3. The molecule has 0 unspecified atom stereocenters. The Morgan fingerprint density at radius 3 is 2.12 bits per heavy atom. The topological polar surface area (TPSA) is 43.4 Å². The molecule has 0 atom stereocenters. The van der Waals surface area contributed by atoms with E-state index in [4.69, 9.17) is 0 Å². The number of benzene rings is 1. The van der Waals surface area contributed by atoms with Gasteiger partial charge in [0, 0.05) is 0 Å². The van der Waals surface area contributed by atoms with Gasteiger partial charge in [0.2, 0.25) is 0 Å². The summed E-state index contributed by atoms with van der Waals surface area (Å²) in [5.41, 5.74) is 0. The summed E-state index contributed by atoms with van der Waals surface area (Å²) in [6.07, 6.45) is -5.72. The zero-order chi connectivity index (χ0) is 12.2. The van der Waals surface area contributed by atoms with Crippen LogP contribution >= 0.6 is 0 Å². The summed E-state index contributed by atoms with van der Waals surface area (Å²) >= 11 is 0. The fourth-order valence-electron chi connectivity index (χ4n) is 0.922. The molecule has 0 bridgehead atoms. The monoisotopic (exact) mass is 278 g/mol. The van der Waals surface area contributed by atoms with Crippen LogP contribution in [0.15, 0.2) is 35.2 Å². The second-order valence-corrected chi connectivity index (χ2v) is 4.57. The number of rotatable bonds is 4. The van der Waals surface area contributed by atoms with E-state index in [1.807, 2.05) is 0 Å². The molecule has 3 nitrogen and oxygen atoms in total. The van der Waals surface area contributed by atoms with Crippen molar-refractivity contribution < 1.29 is 25.8 Å². The van der Waals surface area contributed by atoms with Gasteiger partial charge < -0.3 is 0 Å². The Balaban J connectivity index is 0.00000256. The van der Waals surface area contributed by atoms with Crippen LogP contribution in [-0.2, 0) is 14.3 Å². The van der Waals surface area contributed by atoms with E-state index in [1.165, 1.54) is 24.3 Å². The standard InChI is InChI=1S/C9H9F3O3S.Na.H/c10-9(11,12)6-7-15-16(13,14)8-4-2-1-3-5-8;;/h1-5H,6-7H2;;. The minimum atomic E-state index is -4.42. The molecule has 1 aromatic rings. The first-order valence-electron chi connectivity index (χ1n) is 4.32. The molecule has 0 saturated carbocycles. The molecule has 0 aromatic heterocycles. The van der Waals surface area contributed by atoms with Crippen molar-refractivity contribution in [3.05, 3.63) is 30.3 Å². The van der Waals surface area contributed by atoms with Gasteiger partial charge in [0.25, 0.3) is 10.1 Å². The third kappa shape index (κ3) is 6.42. The Labute approximate surface area is 119 Å². The van der Waals surface area contributed by atoms with E-state index in [2.05, 4.69) is 4.18 Å². The van der Waals surface area contributed by atoms with Gasteiger partial charge in [-0.05, 0) is 12.1 Å². The van der Waals surface area contributed by atoms with Crippen LogP contribution in [0.3, 0.4) is 0 Å². The van der Waals surface area contributed by atoms with E-state index >= 15 is 0 Å². The molecule has 17 heavy (non-hydrogen) atoms. The van der Waals surface area contributed by atoms with Gasteiger partial charge >= 0.3 is 35.7 Å². The zero-order valence-electron chi connectivity index (χ0n) is 8.07. The van der Waals surface area contributed by atoms with Crippen molar-refractivity contribution in [3.8, 4) is 0 Å². The summed E-state index contributed by atoms with van der Waals surface area (Å²) in [6, 6.07) is 7.01. The van der Waals surface area contributed by atoms with Crippen LogP contribution in [0.2, 0.25) is 0 Å². The van der Waals surface area contributed by atoms with Gasteiger partial charge in [-0.3, -0.25) is 4.18 Å². The summed E-state index contributed by atoms with van der Waals surface area (Å²) in [6.45, 7) is -0.902. The molecule has 0 spiro atoms. The predicted molar refractivity (Wildman–Crippen MR) is 57.4 cm³/mol. The molecule has 1 aromatic carbocycles. The average molecular weight is 278 g/mol. The van der Waals surface area contributed by atoms with E-state index < -0.39 is 29.3 Å². The fourth-order valence-corrected chi connectivity index (χ4v) is 1.85. The molecule has 0 saturated heterocycles. The van der Waals surface area contributed by atoms with Crippen LogP contribution in [0.4, 0.5) is 13.2 Å². The molecule has 0 heterocycles. The van der Waals surface area contributed by atoms with Crippen LogP contribution in [0.5, 0.6) is 0 Å². The molecular formula is C9H10F3NaO3S. The predicted octanol–water partition coefficient (Wildman–Crippen LogP) is 1.70. The molecule has 0 N–H and O–H groups in total. The number of alkyl halides is 3. The first-order chi connectivity index (χ1) is 7.31. The van der Waals surface area contributed by atoms with Crippen LogP contribution in [0, 0.1) is 0 Å². The summed E-state index contributed by atoms with van der Waals surface area (Å²) in [4.78, 5) is -0.155. The molecule has 0 fully saturated rings. The van der Waals surface area contributed by atoms with Crippen LogP contribution in [0.25, 0.3) is 0 Å². The van der Waals surface area contributed by atoms with E-state index in [0.29, 0.717) is 0 Å². The zero-order valence-corrected chi connectivity index (χ0v) is 8.88. The maximum absolute atomic E-state index is 11.8. The fraction of sp³-hybridized carbons (Fsp3) is 0.333. The normalized spacial score (nSPS) is 11.9. The van der Waals surface area contributed by atoms with Gasteiger partial charge in [0.1, 0.15) is 0 Å². The second-order valence-electron chi connectivity index (χ2n) is 2.95. The van der Waals surface area contributed by atoms with Crippen LogP contribution < -0.4 is 0 Å². The van der Waals surface area contributed by atoms with Crippen LogP contribution in [0.1, 0.15) is 6.42 Å². The van der Waals surface area contributed by atoms with E-state index in [0.717, 1.165) is 0 Å². The van der Waals surface area contributed by atoms with Crippen LogP contribution in [-0.4, -0.2) is 50.8 Å². The van der Waals surface area contributed by atoms with Gasteiger partial charge in [0.05, 0.1) is 17.9 Å². The van der Waals surface area contributed by atoms with E-state index in [1.54, 1.807) is 6.07 Å². The van der Waals surface area contributed by atoms with Crippen molar-refractivity contribution >= 4 is 39.7 Å². The van der Waals surface area contributed by atoms with Crippen molar-refractivity contribution in [2.24, 2.45) is 0 Å². The SMILES string of the molecule is O=S(=O)(OCCC(F)(F)F)c1ccccc1.[NaH]. The number of halogens is 3. The van der Waals surface area contributed by atoms with Gasteiger partial charge in [-0.1, -0.05) is 18.2 Å². The molecule has 0 aliphatic carbocycles. The van der Waals surface area contributed by atoms with E-state index in [-0.39, 0.29) is 34.5 Å². The Bertz CT molecular complexity index is 431. The summed E-state index contributed by atoms with van der Waals surface area (Å²) in [5.74, 6) is 0. The van der Waals surface area contributed by atoms with Crippen molar-refractivity contribution in [1.29, 1.82) is 0 Å². The molecule has 0 aliphatic heterocycles. The number of hydrogen-bond donors (Lipinski definition) is 0. The molecule has 0 radical (unpaired) electrons. The average Bonchev–Trinajstić information content (AvgIpc) is 2.17. The maximum atomic E-state index is 11.8. The molecule has 8 heteroatoms. The van der Waals surface area contributed by atoms with Gasteiger partial charge in [-0.15, -0.1) is 0 Å². The summed E-state index contributed by atoms with van der Waals surface area (Å²) in [5, 5.41) is 0. The summed E-state index contributed by atoms with van der Waals surface area (Å²) < 4.78 is 62.2. The van der Waals surface area contributed by atoms with Crippen molar-refractivity contribution in [2.45, 2.75) is 17.5 Å². The van der Waals surface area contributed by atoms with Crippen molar-refractivity contribution in [2.75, 3.05) is 6.61 Å². The molecule has 0 amide bonds.